The zero-order valence-electron chi connectivity index (χ0n) is 21.3. The Morgan fingerprint density at radius 2 is 1.88 bits per heavy atom. The van der Waals surface area contributed by atoms with Gasteiger partial charge in [0.1, 0.15) is 11.7 Å². The molecule has 0 aromatic heterocycles. The number of carbonyl (C=O) groups is 2. The van der Waals surface area contributed by atoms with Gasteiger partial charge in [-0.25, -0.2) is 13.2 Å². The van der Waals surface area contributed by atoms with E-state index in [0.717, 1.165) is 36.5 Å². The Bertz CT molecular complexity index is 1380. The van der Waals surface area contributed by atoms with E-state index in [1.54, 1.807) is 11.9 Å². The molecule has 0 fully saturated rings. The van der Waals surface area contributed by atoms with E-state index in [-0.39, 0.29) is 40.2 Å². The van der Waals surface area contributed by atoms with E-state index >= 15 is 0 Å². The molecule has 2 aromatic carbocycles. The van der Waals surface area contributed by atoms with Crippen LogP contribution in [0.2, 0.25) is 5.02 Å². The SMILES string of the molecule is CN(CCc1ccc(C2=NCCN2)cc1)C(=O)CCNCS(=O)(=O)c1ccc(C#N)cc1Cl.O=C(O)C(F)(F)F. The number of amidine groups is 1. The van der Waals surface area contributed by atoms with Crippen LogP contribution in [0.3, 0.4) is 0 Å². The van der Waals surface area contributed by atoms with Gasteiger partial charge in [0.25, 0.3) is 0 Å². The summed E-state index contributed by atoms with van der Waals surface area (Å²) in [6.07, 6.45) is -4.18. The van der Waals surface area contributed by atoms with Crippen molar-refractivity contribution in [2.75, 3.05) is 39.1 Å². The smallest absolute Gasteiger partial charge is 0.475 e. The van der Waals surface area contributed by atoms with Crippen molar-refractivity contribution in [3.8, 4) is 6.07 Å². The molecule has 3 N–H and O–H groups in total. The van der Waals surface area contributed by atoms with Gasteiger partial charge in [-0.3, -0.25) is 9.79 Å². The number of nitriles is 1. The lowest BCUT2D eigenvalue weighted by molar-refractivity contribution is -0.192. The average Bonchev–Trinajstić information content (AvgIpc) is 3.44. The number of carboxylic acids is 1. The number of carbonyl (C=O) groups excluding carboxylic acids is 1. The molecule has 1 aliphatic heterocycles. The molecule has 1 aliphatic rings. The number of aliphatic imine (C=N–C) groups is 1. The van der Waals surface area contributed by atoms with Gasteiger partial charge in [0, 0.05) is 38.7 Å². The Morgan fingerprint density at radius 3 is 2.40 bits per heavy atom. The molecule has 0 aliphatic carbocycles. The normalized spacial score (nSPS) is 12.8. The van der Waals surface area contributed by atoms with Gasteiger partial charge < -0.3 is 20.6 Å². The van der Waals surface area contributed by atoms with Gasteiger partial charge in [0.2, 0.25) is 5.91 Å². The monoisotopic (exact) mass is 601 g/mol. The van der Waals surface area contributed by atoms with Crippen LogP contribution in [0.5, 0.6) is 0 Å². The Morgan fingerprint density at radius 1 is 1.23 bits per heavy atom. The van der Waals surface area contributed by atoms with Crippen molar-refractivity contribution in [3.05, 3.63) is 64.2 Å². The van der Waals surface area contributed by atoms with Crippen molar-refractivity contribution >= 4 is 39.2 Å². The van der Waals surface area contributed by atoms with E-state index in [9.17, 15) is 26.4 Å². The van der Waals surface area contributed by atoms with E-state index in [0.29, 0.717) is 6.54 Å². The Kier molecular flexibility index (Phi) is 11.9. The first-order valence-corrected chi connectivity index (χ1v) is 13.8. The number of halogens is 4. The summed E-state index contributed by atoms with van der Waals surface area (Å²) in [6, 6.07) is 14.1. The van der Waals surface area contributed by atoms with E-state index in [2.05, 4.69) is 15.6 Å². The minimum atomic E-state index is -5.08. The summed E-state index contributed by atoms with van der Waals surface area (Å²) < 4.78 is 56.7. The highest BCUT2D eigenvalue weighted by molar-refractivity contribution is 7.91. The predicted molar refractivity (Wildman–Crippen MR) is 142 cm³/mol. The van der Waals surface area contributed by atoms with Gasteiger partial charge in [-0.15, -0.1) is 0 Å². The summed E-state index contributed by atoms with van der Waals surface area (Å²) in [4.78, 5) is 27.3. The summed E-state index contributed by atoms with van der Waals surface area (Å²) >= 11 is 6.00. The highest BCUT2D eigenvalue weighted by Gasteiger charge is 2.38. The topological polar surface area (TPSA) is 152 Å². The molecule has 1 amide bonds. The number of hydrogen-bond donors (Lipinski definition) is 3. The maximum atomic E-state index is 12.5. The average molecular weight is 602 g/mol. The fourth-order valence-electron chi connectivity index (χ4n) is 3.34. The quantitative estimate of drug-likeness (QED) is 0.352. The minimum Gasteiger partial charge on any atom is -0.475 e. The summed E-state index contributed by atoms with van der Waals surface area (Å²) in [7, 11) is -1.94. The Hall–Kier alpha value is -3.67. The van der Waals surface area contributed by atoms with Crippen LogP contribution in [0.25, 0.3) is 0 Å². The minimum absolute atomic E-state index is 0.00665. The first-order valence-electron chi connectivity index (χ1n) is 11.8. The lowest BCUT2D eigenvalue weighted by Gasteiger charge is -2.17. The van der Waals surface area contributed by atoms with Gasteiger partial charge in [-0.05, 0) is 30.2 Å². The van der Waals surface area contributed by atoms with E-state index in [4.69, 9.17) is 26.8 Å². The molecule has 216 valence electrons. The van der Waals surface area contributed by atoms with Crippen LogP contribution in [0, 0.1) is 11.3 Å². The molecule has 0 unspecified atom stereocenters. The number of carboxylic acid groups (broad SMARTS) is 1. The number of likely N-dealkylation sites (N-methyl/N-ethyl adjacent to an activating group) is 1. The molecular formula is C25H27ClF3N5O5S. The van der Waals surface area contributed by atoms with Crippen LogP contribution in [0.1, 0.15) is 23.1 Å². The number of sulfone groups is 1. The summed E-state index contributed by atoms with van der Waals surface area (Å²) in [5, 5.41) is 22.0. The largest absolute Gasteiger partial charge is 0.490 e. The molecule has 0 radical (unpaired) electrons. The molecule has 2 aromatic rings. The number of benzene rings is 2. The van der Waals surface area contributed by atoms with Crippen LogP contribution >= 0.6 is 11.6 Å². The maximum absolute atomic E-state index is 12.5. The summed E-state index contributed by atoms with van der Waals surface area (Å²) in [5.41, 5.74) is 2.47. The molecule has 10 nitrogen and oxygen atoms in total. The predicted octanol–water partition coefficient (Wildman–Crippen LogP) is 2.61. The fourth-order valence-corrected chi connectivity index (χ4v) is 5.07. The second-order valence-electron chi connectivity index (χ2n) is 8.49. The first kappa shape index (κ1) is 32.5. The summed E-state index contributed by atoms with van der Waals surface area (Å²) in [5.74, 6) is -2.25. The number of amides is 1. The summed E-state index contributed by atoms with van der Waals surface area (Å²) in [6.45, 7) is 2.46. The third-order valence-electron chi connectivity index (χ3n) is 5.51. The fraction of sp³-hybridized carbons (Fsp3) is 0.360. The lowest BCUT2D eigenvalue weighted by Crippen LogP contribution is -2.33. The zero-order chi connectivity index (χ0) is 29.9. The molecular weight excluding hydrogens is 575 g/mol. The highest BCUT2D eigenvalue weighted by Crippen LogP contribution is 2.23. The number of hydrogen-bond acceptors (Lipinski definition) is 8. The molecule has 0 spiro atoms. The standard InChI is InChI=1S/C23H26ClN5O3S.C2HF3O2/c1-29(13-9-17-2-5-19(6-3-17)23-27-11-12-28-23)22(30)8-10-26-16-33(31,32)21-7-4-18(15-25)14-20(21)24;3-2(4,5)1(6)7/h2-7,14,26H,8-13,16H2,1H3,(H,27,28);(H,6,7). The number of nitrogens with one attached hydrogen (secondary N) is 2. The zero-order valence-corrected chi connectivity index (χ0v) is 22.9. The second kappa shape index (κ2) is 14.6. The van der Waals surface area contributed by atoms with E-state index in [1.807, 2.05) is 30.3 Å². The van der Waals surface area contributed by atoms with Gasteiger partial charge in [-0.2, -0.15) is 18.4 Å². The maximum Gasteiger partial charge on any atom is 0.490 e. The van der Waals surface area contributed by atoms with Gasteiger partial charge in [-0.1, -0.05) is 35.9 Å². The number of nitrogens with zero attached hydrogens (tertiary/aromatic N) is 3. The van der Waals surface area contributed by atoms with Crippen molar-refractivity contribution < 1.29 is 36.3 Å². The van der Waals surface area contributed by atoms with E-state index < -0.39 is 22.0 Å². The molecule has 1 heterocycles. The molecule has 0 saturated heterocycles. The van der Waals surface area contributed by atoms with Crippen molar-refractivity contribution in [1.29, 1.82) is 5.26 Å². The molecule has 0 atom stereocenters. The third-order valence-corrected chi connectivity index (χ3v) is 7.54. The highest BCUT2D eigenvalue weighted by atomic mass is 35.5. The van der Waals surface area contributed by atoms with Crippen molar-refractivity contribution in [1.82, 2.24) is 15.5 Å². The van der Waals surface area contributed by atoms with Crippen molar-refractivity contribution in [2.45, 2.75) is 23.9 Å². The number of aliphatic carboxylic acids is 1. The first-order chi connectivity index (χ1) is 18.7. The number of alkyl halides is 3. The van der Waals surface area contributed by atoms with Crippen LogP contribution < -0.4 is 10.6 Å². The molecule has 15 heteroatoms. The van der Waals surface area contributed by atoms with Crippen molar-refractivity contribution in [2.24, 2.45) is 4.99 Å². The molecule has 0 saturated carbocycles. The molecule has 40 heavy (non-hydrogen) atoms. The number of rotatable bonds is 10. The van der Waals surface area contributed by atoms with Gasteiger partial charge in [0.15, 0.2) is 9.84 Å². The van der Waals surface area contributed by atoms with Gasteiger partial charge >= 0.3 is 12.1 Å². The second-order valence-corrected chi connectivity index (χ2v) is 10.9. The Balaban J connectivity index is 0.000000708. The van der Waals surface area contributed by atoms with E-state index in [1.165, 1.54) is 18.2 Å². The molecule has 3 rings (SSSR count). The van der Waals surface area contributed by atoms with Crippen LogP contribution in [-0.2, 0) is 25.8 Å². The van der Waals surface area contributed by atoms with Crippen LogP contribution in [0.4, 0.5) is 13.2 Å². The Labute approximate surface area is 234 Å². The van der Waals surface area contributed by atoms with Crippen LogP contribution in [-0.4, -0.2) is 81.4 Å². The molecule has 0 bridgehead atoms. The third kappa shape index (κ3) is 10.1. The van der Waals surface area contributed by atoms with Crippen molar-refractivity contribution in [3.63, 3.8) is 0 Å². The van der Waals surface area contributed by atoms with Gasteiger partial charge in [0.05, 0.1) is 28.1 Å². The van der Waals surface area contributed by atoms with Crippen LogP contribution in [0.15, 0.2) is 52.4 Å². The lowest BCUT2D eigenvalue weighted by atomic mass is 10.1.